The summed E-state index contributed by atoms with van der Waals surface area (Å²) in [6, 6.07) is 7.21. The molecule has 0 spiro atoms. The van der Waals surface area contributed by atoms with Crippen molar-refractivity contribution in [2.45, 2.75) is 51.6 Å². The molecule has 0 radical (unpaired) electrons. The average molecular weight is 346 g/mol. The van der Waals surface area contributed by atoms with Crippen molar-refractivity contribution in [2.24, 2.45) is 5.73 Å². The molecular formula is C19H30N4O2. The largest absolute Gasteiger partial charge is 0.352 e. The lowest BCUT2D eigenvalue weighted by molar-refractivity contribution is -0.136. The molecule has 1 aliphatic heterocycles. The normalized spacial score (nSPS) is 18.6. The zero-order chi connectivity index (χ0) is 18.2. The van der Waals surface area contributed by atoms with Crippen LogP contribution in [0.5, 0.6) is 0 Å². The molecule has 4 N–H and O–H groups in total. The molecule has 6 heteroatoms. The molecule has 2 unspecified atom stereocenters. The summed E-state index contributed by atoms with van der Waals surface area (Å²) >= 11 is 0. The summed E-state index contributed by atoms with van der Waals surface area (Å²) in [4.78, 5) is 26.3. The maximum Gasteiger partial charge on any atom is 0.312 e. The number of carbonyl (C=O) groups is 2. The van der Waals surface area contributed by atoms with Gasteiger partial charge in [-0.05, 0) is 24.0 Å². The molecule has 1 aliphatic rings. The molecule has 1 saturated heterocycles. The Labute approximate surface area is 150 Å². The summed E-state index contributed by atoms with van der Waals surface area (Å²) in [6.07, 6.45) is 3.45. The van der Waals surface area contributed by atoms with Gasteiger partial charge in [0.1, 0.15) is 6.04 Å². The molecule has 1 aromatic rings. The van der Waals surface area contributed by atoms with Gasteiger partial charge in [-0.3, -0.25) is 4.79 Å². The molecule has 0 aromatic heterocycles. The van der Waals surface area contributed by atoms with Crippen LogP contribution in [0.1, 0.15) is 50.3 Å². The molecule has 1 aromatic carbocycles. The number of hydrogen-bond acceptors (Lipinski definition) is 3. The van der Waals surface area contributed by atoms with Crippen molar-refractivity contribution in [3.8, 4) is 0 Å². The van der Waals surface area contributed by atoms with E-state index >= 15 is 0 Å². The van der Waals surface area contributed by atoms with Gasteiger partial charge in [0.25, 0.3) is 0 Å². The lowest BCUT2D eigenvalue weighted by atomic mass is 9.99. The van der Waals surface area contributed by atoms with Crippen LogP contribution in [0.4, 0.5) is 4.79 Å². The first-order valence-electron chi connectivity index (χ1n) is 9.22. The fraction of sp³-hybridized carbons (Fsp3) is 0.579. The van der Waals surface area contributed by atoms with Crippen LogP contribution in [0.2, 0.25) is 0 Å². The number of hydrogen-bond donors (Lipinski definition) is 3. The Kier molecular flexibility index (Phi) is 7.25. The Morgan fingerprint density at radius 1 is 1.32 bits per heavy atom. The van der Waals surface area contributed by atoms with Crippen LogP contribution in [0.25, 0.3) is 0 Å². The highest BCUT2D eigenvalue weighted by Gasteiger charge is 2.32. The second-order valence-corrected chi connectivity index (χ2v) is 6.55. The zero-order valence-electron chi connectivity index (χ0n) is 15.3. The van der Waals surface area contributed by atoms with E-state index in [9.17, 15) is 9.59 Å². The van der Waals surface area contributed by atoms with E-state index in [0.717, 1.165) is 31.4 Å². The zero-order valence-corrected chi connectivity index (χ0v) is 15.3. The molecule has 0 aliphatic carbocycles. The smallest absolute Gasteiger partial charge is 0.312 e. The minimum absolute atomic E-state index is 0.0223. The van der Waals surface area contributed by atoms with Crippen LogP contribution < -0.4 is 16.4 Å². The predicted octanol–water partition coefficient (Wildman–Crippen LogP) is 1.95. The number of piperazine rings is 1. The first-order chi connectivity index (χ1) is 12.1. The van der Waals surface area contributed by atoms with Crippen LogP contribution in [0, 0.1) is 0 Å². The number of amides is 3. The highest BCUT2D eigenvalue weighted by atomic mass is 16.2. The van der Waals surface area contributed by atoms with Gasteiger partial charge in [0.15, 0.2) is 0 Å². The van der Waals surface area contributed by atoms with Crippen LogP contribution in [-0.4, -0.2) is 42.5 Å². The number of aryl methyl sites for hydroxylation is 1. The van der Waals surface area contributed by atoms with Gasteiger partial charge >= 0.3 is 6.03 Å². The molecule has 3 amide bonds. The third-order valence-corrected chi connectivity index (χ3v) is 4.76. The second kappa shape index (κ2) is 9.42. The molecule has 6 nitrogen and oxygen atoms in total. The lowest BCUT2D eigenvalue weighted by Crippen LogP contribution is -2.56. The average Bonchev–Trinajstić information content (AvgIpc) is 2.64. The van der Waals surface area contributed by atoms with E-state index in [4.69, 9.17) is 5.73 Å². The van der Waals surface area contributed by atoms with Crippen molar-refractivity contribution < 1.29 is 9.59 Å². The molecule has 0 saturated carbocycles. The summed E-state index contributed by atoms with van der Waals surface area (Å²) < 4.78 is 0. The van der Waals surface area contributed by atoms with Crippen molar-refractivity contribution in [1.82, 2.24) is 15.5 Å². The fourth-order valence-electron chi connectivity index (χ4n) is 3.28. The van der Waals surface area contributed by atoms with Crippen LogP contribution >= 0.6 is 0 Å². The number of unbranched alkanes of at least 4 members (excludes halogenated alkanes) is 1. The Balaban J connectivity index is 2.18. The third kappa shape index (κ3) is 5.19. The number of carbonyl (C=O) groups excluding carboxylic acids is 2. The maximum absolute atomic E-state index is 13.1. The number of urea groups is 1. The van der Waals surface area contributed by atoms with Crippen LogP contribution in [0.3, 0.4) is 0 Å². The van der Waals surface area contributed by atoms with Crippen molar-refractivity contribution >= 4 is 11.9 Å². The molecular weight excluding hydrogens is 316 g/mol. The van der Waals surface area contributed by atoms with Gasteiger partial charge in [-0.1, -0.05) is 51.0 Å². The number of primary amides is 1. The Morgan fingerprint density at radius 3 is 2.64 bits per heavy atom. The summed E-state index contributed by atoms with van der Waals surface area (Å²) in [6.45, 7) is 6.29. The topological polar surface area (TPSA) is 87.5 Å². The highest BCUT2D eigenvalue weighted by molar-refractivity contribution is 5.87. The predicted molar refractivity (Wildman–Crippen MR) is 99.2 cm³/mol. The standard InChI is InChI=1S/C19H30N4O2/c1-3-5-6-16(22-19(20)25)18(24)23-12-11-21-13-17(23)15-9-7-14(4-2)8-10-15/h7-10,16-17,21H,3-6,11-13H2,1-2H3,(H3,20,22,25). The van der Waals surface area contributed by atoms with E-state index in [0.29, 0.717) is 19.5 Å². The number of benzene rings is 1. The van der Waals surface area contributed by atoms with Gasteiger partial charge in [0, 0.05) is 19.6 Å². The van der Waals surface area contributed by atoms with Crippen molar-refractivity contribution in [3.05, 3.63) is 35.4 Å². The van der Waals surface area contributed by atoms with E-state index in [2.05, 4.69) is 48.7 Å². The Hall–Kier alpha value is -2.08. The second-order valence-electron chi connectivity index (χ2n) is 6.55. The Morgan fingerprint density at radius 2 is 2.04 bits per heavy atom. The van der Waals surface area contributed by atoms with Crippen molar-refractivity contribution in [1.29, 1.82) is 0 Å². The molecule has 2 atom stereocenters. The quantitative estimate of drug-likeness (QED) is 0.705. The molecule has 25 heavy (non-hydrogen) atoms. The molecule has 138 valence electrons. The summed E-state index contributed by atoms with van der Waals surface area (Å²) in [5, 5.41) is 5.99. The van der Waals surface area contributed by atoms with Gasteiger partial charge < -0.3 is 21.3 Å². The number of nitrogens with two attached hydrogens (primary N) is 1. The van der Waals surface area contributed by atoms with Gasteiger partial charge in [0.05, 0.1) is 6.04 Å². The monoisotopic (exact) mass is 346 g/mol. The fourth-order valence-corrected chi connectivity index (χ4v) is 3.28. The van der Waals surface area contributed by atoms with Gasteiger partial charge in [0.2, 0.25) is 5.91 Å². The SMILES string of the molecule is CCCCC(NC(N)=O)C(=O)N1CCNCC1c1ccc(CC)cc1. The van der Waals surface area contributed by atoms with Gasteiger partial charge in [-0.15, -0.1) is 0 Å². The van der Waals surface area contributed by atoms with E-state index in [1.807, 2.05) is 4.90 Å². The van der Waals surface area contributed by atoms with E-state index in [1.54, 1.807) is 0 Å². The first kappa shape index (κ1) is 19.2. The van der Waals surface area contributed by atoms with Crippen molar-refractivity contribution in [3.63, 3.8) is 0 Å². The van der Waals surface area contributed by atoms with E-state index in [-0.39, 0.29) is 11.9 Å². The van der Waals surface area contributed by atoms with Gasteiger partial charge in [-0.25, -0.2) is 4.79 Å². The van der Waals surface area contributed by atoms with Crippen LogP contribution in [-0.2, 0) is 11.2 Å². The van der Waals surface area contributed by atoms with E-state index < -0.39 is 12.1 Å². The summed E-state index contributed by atoms with van der Waals surface area (Å²) in [5.74, 6) is -0.0432. The van der Waals surface area contributed by atoms with Crippen molar-refractivity contribution in [2.75, 3.05) is 19.6 Å². The highest BCUT2D eigenvalue weighted by Crippen LogP contribution is 2.24. The number of nitrogens with zero attached hydrogens (tertiary/aromatic N) is 1. The number of rotatable bonds is 7. The van der Waals surface area contributed by atoms with Crippen LogP contribution in [0.15, 0.2) is 24.3 Å². The first-order valence-corrected chi connectivity index (χ1v) is 9.22. The minimum atomic E-state index is -0.645. The summed E-state index contributed by atoms with van der Waals surface area (Å²) in [7, 11) is 0. The maximum atomic E-state index is 13.1. The minimum Gasteiger partial charge on any atom is -0.352 e. The van der Waals surface area contributed by atoms with Gasteiger partial charge in [-0.2, -0.15) is 0 Å². The molecule has 1 fully saturated rings. The summed E-state index contributed by atoms with van der Waals surface area (Å²) in [5.41, 5.74) is 7.67. The molecule has 0 bridgehead atoms. The molecule has 1 heterocycles. The lowest BCUT2D eigenvalue weighted by Gasteiger charge is -2.38. The Bertz CT molecular complexity index is 573. The third-order valence-electron chi connectivity index (χ3n) is 4.76. The van der Waals surface area contributed by atoms with E-state index in [1.165, 1.54) is 5.56 Å². The molecule has 2 rings (SSSR count). The number of nitrogens with one attached hydrogen (secondary N) is 2.